The van der Waals surface area contributed by atoms with Gasteiger partial charge < -0.3 is 4.90 Å². The van der Waals surface area contributed by atoms with E-state index >= 15 is 0 Å². The van der Waals surface area contributed by atoms with E-state index in [1.165, 1.54) is 83.5 Å². The van der Waals surface area contributed by atoms with Crippen LogP contribution in [0.5, 0.6) is 0 Å². The standard InChI is InChI=1S/C67H55N/c1-67(2)64-32-13-12-30-63(64)66-62(31-17-33-65(66)67)58(45-49-18-14-25-55(44-49)50-19-6-3-7-20-50)39-36-48-34-37-53(38-35-48)54-40-42-59(43-41-54)68(60-28-15-26-56(46-60)51-21-8-4-9-22-51)61-29-16-27-57(47-61)52-23-10-5-11-24-52/h3-35,37-38,40-44,46-47,58H,36,39,45H2,1-2H3. The van der Waals surface area contributed by atoms with Gasteiger partial charge in [-0.05, 0) is 145 Å². The lowest BCUT2D eigenvalue weighted by molar-refractivity contribution is 0.619. The van der Waals surface area contributed by atoms with Gasteiger partial charge in [0, 0.05) is 22.5 Å². The molecule has 68 heavy (non-hydrogen) atoms. The molecule has 10 aromatic carbocycles. The molecule has 328 valence electrons. The van der Waals surface area contributed by atoms with Gasteiger partial charge in [-0.3, -0.25) is 0 Å². The van der Waals surface area contributed by atoms with E-state index in [-0.39, 0.29) is 5.41 Å². The van der Waals surface area contributed by atoms with E-state index in [1.54, 1.807) is 0 Å². The van der Waals surface area contributed by atoms with E-state index in [9.17, 15) is 0 Å². The SMILES string of the molecule is CC1(C)c2ccccc2-c2c(C(CCc3ccc(-c4ccc(N(c5cccc(-c6ccccc6)c5)c5cccc(-c6ccccc6)c5)cc4)cc3)Cc3cccc(-c4ccccc4)c3)cccc21. The molecule has 0 heterocycles. The fourth-order valence-corrected chi connectivity index (χ4v) is 10.6. The molecule has 1 heteroatoms. The van der Waals surface area contributed by atoms with E-state index < -0.39 is 0 Å². The molecule has 1 aliphatic rings. The van der Waals surface area contributed by atoms with Gasteiger partial charge in [-0.2, -0.15) is 0 Å². The highest BCUT2D eigenvalue weighted by Gasteiger charge is 2.37. The molecule has 1 atom stereocenters. The third kappa shape index (κ3) is 8.60. The molecule has 10 aromatic rings. The molecule has 0 aromatic heterocycles. The molecule has 0 amide bonds. The van der Waals surface area contributed by atoms with Crippen molar-refractivity contribution in [1.29, 1.82) is 0 Å². The number of hydrogen-bond acceptors (Lipinski definition) is 1. The minimum absolute atomic E-state index is 0.0348. The molecule has 0 aliphatic heterocycles. The van der Waals surface area contributed by atoms with Crippen LogP contribution in [0.15, 0.2) is 255 Å². The Bertz CT molecular complexity index is 3230. The van der Waals surface area contributed by atoms with E-state index in [2.05, 4.69) is 274 Å². The van der Waals surface area contributed by atoms with Crippen LogP contribution < -0.4 is 4.90 Å². The maximum absolute atomic E-state index is 2.41. The lowest BCUT2D eigenvalue weighted by Crippen LogP contribution is -2.15. The van der Waals surface area contributed by atoms with E-state index in [0.717, 1.165) is 36.3 Å². The first kappa shape index (κ1) is 42.6. The smallest absolute Gasteiger partial charge is 0.0467 e. The zero-order valence-electron chi connectivity index (χ0n) is 38.9. The van der Waals surface area contributed by atoms with Crippen molar-refractivity contribution in [2.75, 3.05) is 4.90 Å². The zero-order valence-corrected chi connectivity index (χ0v) is 38.9. The first-order valence-corrected chi connectivity index (χ1v) is 24.1. The van der Waals surface area contributed by atoms with Crippen LogP contribution in [0.25, 0.3) is 55.6 Å². The minimum Gasteiger partial charge on any atom is -0.310 e. The molecule has 1 unspecified atom stereocenters. The summed E-state index contributed by atoms with van der Waals surface area (Å²) in [6.45, 7) is 4.78. The van der Waals surface area contributed by atoms with Gasteiger partial charge in [0.15, 0.2) is 0 Å². The van der Waals surface area contributed by atoms with Crippen molar-refractivity contribution in [2.45, 2.75) is 44.4 Å². The van der Waals surface area contributed by atoms with Gasteiger partial charge in [-0.25, -0.2) is 0 Å². The van der Waals surface area contributed by atoms with Gasteiger partial charge in [0.2, 0.25) is 0 Å². The summed E-state index contributed by atoms with van der Waals surface area (Å²) in [5.41, 5.74) is 23.0. The summed E-state index contributed by atoms with van der Waals surface area (Å²) in [5, 5.41) is 0. The molecular formula is C67H55N. The number of hydrogen-bond donors (Lipinski definition) is 0. The number of aryl methyl sites for hydroxylation is 1. The molecule has 1 nitrogen and oxygen atoms in total. The van der Waals surface area contributed by atoms with E-state index in [0.29, 0.717) is 5.92 Å². The molecule has 11 rings (SSSR count). The molecule has 0 fully saturated rings. The van der Waals surface area contributed by atoms with Crippen LogP contribution in [0.1, 0.15) is 54.0 Å². The quantitative estimate of drug-likeness (QED) is 0.112. The van der Waals surface area contributed by atoms with Gasteiger partial charge in [-0.15, -0.1) is 0 Å². The third-order valence-corrected chi connectivity index (χ3v) is 14.2. The Morgan fingerprint density at radius 2 is 0.809 bits per heavy atom. The van der Waals surface area contributed by atoms with Crippen LogP contribution in [-0.2, 0) is 18.3 Å². The summed E-state index contributed by atoms with van der Waals surface area (Å²) >= 11 is 0. The van der Waals surface area contributed by atoms with Crippen molar-refractivity contribution >= 4 is 17.1 Å². The summed E-state index contributed by atoms with van der Waals surface area (Å²) in [5.74, 6) is 0.342. The fourth-order valence-electron chi connectivity index (χ4n) is 10.6. The molecule has 0 N–H and O–H groups in total. The first-order chi connectivity index (χ1) is 33.5. The maximum atomic E-state index is 2.41. The molecule has 0 saturated carbocycles. The molecule has 0 saturated heterocycles. The Morgan fingerprint density at radius 1 is 0.353 bits per heavy atom. The van der Waals surface area contributed by atoms with Gasteiger partial charge in [0.05, 0.1) is 0 Å². The van der Waals surface area contributed by atoms with Gasteiger partial charge in [-0.1, -0.05) is 232 Å². The summed E-state index contributed by atoms with van der Waals surface area (Å²) < 4.78 is 0. The van der Waals surface area contributed by atoms with E-state index in [1.807, 2.05) is 0 Å². The maximum Gasteiger partial charge on any atom is 0.0467 e. The number of fused-ring (bicyclic) bond motifs is 3. The number of benzene rings is 10. The normalized spacial score (nSPS) is 12.8. The van der Waals surface area contributed by atoms with Crippen molar-refractivity contribution < 1.29 is 0 Å². The zero-order chi connectivity index (χ0) is 45.9. The highest BCUT2D eigenvalue weighted by Crippen LogP contribution is 2.52. The Hall–Kier alpha value is -8.00. The second-order valence-electron chi connectivity index (χ2n) is 18.9. The Balaban J connectivity index is 0.881. The summed E-state index contributed by atoms with van der Waals surface area (Å²) in [6, 6.07) is 93.6. The summed E-state index contributed by atoms with van der Waals surface area (Å²) in [4.78, 5) is 2.38. The highest BCUT2D eigenvalue weighted by atomic mass is 15.1. The fraction of sp³-hybridized carbons (Fsp3) is 0.104. The number of nitrogens with zero attached hydrogens (tertiary/aromatic N) is 1. The summed E-state index contributed by atoms with van der Waals surface area (Å²) in [6.07, 6.45) is 3.03. The molecule has 0 bridgehead atoms. The van der Waals surface area contributed by atoms with Crippen LogP contribution >= 0.6 is 0 Å². The number of anilines is 3. The average molecular weight is 874 g/mol. The monoisotopic (exact) mass is 873 g/mol. The number of rotatable bonds is 13. The van der Waals surface area contributed by atoms with E-state index in [4.69, 9.17) is 0 Å². The van der Waals surface area contributed by atoms with Crippen molar-refractivity contribution in [3.8, 4) is 55.6 Å². The second-order valence-corrected chi connectivity index (χ2v) is 18.9. The van der Waals surface area contributed by atoms with Gasteiger partial charge in [0.25, 0.3) is 0 Å². The summed E-state index contributed by atoms with van der Waals surface area (Å²) in [7, 11) is 0. The van der Waals surface area contributed by atoms with Crippen molar-refractivity contribution in [2.24, 2.45) is 0 Å². The molecule has 1 aliphatic carbocycles. The van der Waals surface area contributed by atoms with Crippen LogP contribution in [0.2, 0.25) is 0 Å². The average Bonchev–Trinajstić information content (AvgIpc) is 3.65. The lowest BCUT2D eigenvalue weighted by atomic mass is 9.79. The molecule has 0 radical (unpaired) electrons. The van der Waals surface area contributed by atoms with Crippen LogP contribution in [0.4, 0.5) is 17.1 Å². The van der Waals surface area contributed by atoms with Crippen molar-refractivity contribution in [1.82, 2.24) is 0 Å². The van der Waals surface area contributed by atoms with Crippen LogP contribution in [0.3, 0.4) is 0 Å². The first-order valence-electron chi connectivity index (χ1n) is 24.1. The second kappa shape index (κ2) is 18.7. The highest BCUT2D eigenvalue weighted by molar-refractivity contribution is 5.85. The van der Waals surface area contributed by atoms with Gasteiger partial charge >= 0.3 is 0 Å². The largest absolute Gasteiger partial charge is 0.310 e. The Kier molecular flexibility index (Phi) is 11.7. The van der Waals surface area contributed by atoms with Gasteiger partial charge in [0.1, 0.15) is 0 Å². The predicted octanol–water partition coefficient (Wildman–Crippen LogP) is 18.1. The van der Waals surface area contributed by atoms with Crippen molar-refractivity contribution in [3.05, 3.63) is 283 Å². The predicted molar refractivity (Wildman–Crippen MR) is 288 cm³/mol. The minimum atomic E-state index is -0.0348. The Labute approximate surface area is 402 Å². The van der Waals surface area contributed by atoms with Crippen LogP contribution in [0, 0.1) is 0 Å². The lowest BCUT2D eigenvalue weighted by Gasteiger charge is -2.27. The van der Waals surface area contributed by atoms with Crippen molar-refractivity contribution in [3.63, 3.8) is 0 Å². The van der Waals surface area contributed by atoms with Crippen LogP contribution in [-0.4, -0.2) is 0 Å². The molecule has 0 spiro atoms. The molecular weight excluding hydrogens is 819 g/mol. The Morgan fingerprint density at radius 3 is 1.40 bits per heavy atom. The topological polar surface area (TPSA) is 3.24 Å². The third-order valence-electron chi connectivity index (χ3n) is 14.2.